The van der Waals surface area contributed by atoms with E-state index in [0.717, 1.165) is 11.3 Å². The van der Waals surface area contributed by atoms with Crippen molar-refractivity contribution in [3.05, 3.63) is 57.0 Å². The molecule has 1 heterocycles. The van der Waals surface area contributed by atoms with Crippen LogP contribution in [0.5, 0.6) is 0 Å². The molecule has 0 radical (unpaired) electrons. The van der Waals surface area contributed by atoms with Crippen LogP contribution in [0.2, 0.25) is 0 Å². The fourth-order valence-electron chi connectivity index (χ4n) is 1.51. The van der Waals surface area contributed by atoms with Crippen LogP contribution in [0.4, 0.5) is 22.0 Å². The lowest BCUT2D eigenvalue weighted by Gasteiger charge is -2.13. The molecular weight excluding hydrogens is 309 g/mol. The lowest BCUT2D eigenvalue weighted by Crippen LogP contribution is -2.18. The molecule has 0 amide bonds. The minimum absolute atomic E-state index is 0. The van der Waals surface area contributed by atoms with E-state index < -0.39 is 40.7 Å². The van der Waals surface area contributed by atoms with Gasteiger partial charge in [-0.05, 0) is 11.4 Å². The predicted molar refractivity (Wildman–Crippen MR) is 63.8 cm³/mol. The van der Waals surface area contributed by atoms with Crippen LogP contribution in [0.25, 0.3) is 0 Å². The number of thiophene rings is 1. The zero-order valence-corrected chi connectivity index (χ0v) is 10.7. The zero-order chi connectivity index (χ0) is 13.4. The first kappa shape index (κ1) is 15.9. The van der Waals surface area contributed by atoms with Crippen molar-refractivity contribution in [1.82, 2.24) is 0 Å². The van der Waals surface area contributed by atoms with Crippen molar-refractivity contribution in [2.45, 2.75) is 6.04 Å². The highest BCUT2D eigenvalue weighted by Gasteiger charge is 2.29. The summed E-state index contributed by atoms with van der Waals surface area (Å²) in [5.74, 6) is -9.96. The predicted octanol–water partition coefficient (Wildman–Crippen LogP) is 3.91. The average molecular weight is 316 g/mol. The standard InChI is InChI=1S/C11H6F5NS.ClH/c12-6-5(11(17)4-2-1-3-18-4)7(13)9(15)10(16)8(6)14;/h1-3,11H,17H2;1H/t11-;/m0./s1. The van der Waals surface area contributed by atoms with Crippen molar-refractivity contribution in [2.75, 3.05) is 0 Å². The molecule has 1 aromatic heterocycles. The molecule has 0 unspecified atom stereocenters. The Morgan fingerprint density at radius 2 is 1.37 bits per heavy atom. The van der Waals surface area contributed by atoms with Gasteiger partial charge in [-0.3, -0.25) is 0 Å². The molecule has 0 spiro atoms. The second-order valence-corrected chi connectivity index (χ2v) is 4.46. The number of hydrogen-bond acceptors (Lipinski definition) is 2. The summed E-state index contributed by atoms with van der Waals surface area (Å²) in [4.78, 5) is 0.304. The molecule has 0 fully saturated rings. The molecule has 0 aliphatic heterocycles. The third-order valence-electron chi connectivity index (χ3n) is 2.40. The van der Waals surface area contributed by atoms with Gasteiger partial charge in [0.05, 0.1) is 11.6 Å². The molecule has 0 saturated heterocycles. The van der Waals surface area contributed by atoms with E-state index in [9.17, 15) is 22.0 Å². The Bertz CT molecular complexity index is 558. The van der Waals surface area contributed by atoms with Gasteiger partial charge in [0.15, 0.2) is 23.3 Å². The van der Waals surface area contributed by atoms with Gasteiger partial charge in [0.25, 0.3) is 0 Å². The van der Waals surface area contributed by atoms with E-state index in [1.165, 1.54) is 6.07 Å². The second-order valence-electron chi connectivity index (χ2n) is 3.48. The Balaban J connectivity index is 0.00000180. The first-order valence-electron chi connectivity index (χ1n) is 4.75. The number of nitrogens with two attached hydrogens (primary N) is 1. The fourth-order valence-corrected chi connectivity index (χ4v) is 2.24. The quantitative estimate of drug-likeness (QED) is 0.507. The molecule has 2 N–H and O–H groups in total. The van der Waals surface area contributed by atoms with Crippen molar-refractivity contribution in [2.24, 2.45) is 5.73 Å². The maximum Gasteiger partial charge on any atom is 0.200 e. The molecule has 19 heavy (non-hydrogen) atoms. The Kier molecular flexibility index (Phi) is 4.89. The van der Waals surface area contributed by atoms with Crippen LogP contribution in [-0.4, -0.2) is 0 Å². The fraction of sp³-hybridized carbons (Fsp3) is 0.0909. The highest BCUT2D eigenvalue weighted by Crippen LogP contribution is 2.31. The second kappa shape index (κ2) is 5.85. The monoisotopic (exact) mass is 315 g/mol. The summed E-state index contributed by atoms with van der Waals surface area (Å²) in [6.07, 6.45) is 0. The van der Waals surface area contributed by atoms with Crippen molar-refractivity contribution in [3.63, 3.8) is 0 Å². The van der Waals surface area contributed by atoms with Gasteiger partial charge in [0.2, 0.25) is 5.82 Å². The van der Waals surface area contributed by atoms with Gasteiger partial charge in [0, 0.05) is 4.88 Å². The summed E-state index contributed by atoms with van der Waals surface area (Å²) in [7, 11) is 0. The Hall–Kier alpha value is -1.18. The van der Waals surface area contributed by atoms with E-state index in [4.69, 9.17) is 5.73 Å². The third kappa shape index (κ3) is 2.58. The summed E-state index contributed by atoms with van der Waals surface area (Å²) in [6, 6.07) is 1.62. The van der Waals surface area contributed by atoms with Gasteiger partial charge in [-0.15, -0.1) is 23.7 Å². The van der Waals surface area contributed by atoms with E-state index >= 15 is 0 Å². The van der Waals surface area contributed by atoms with Crippen molar-refractivity contribution in [1.29, 1.82) is 0 Å². The first-order chi connectivity index (χ1) is 8.45. The SMILES string of the molecule is Cl.N[C@@H](c1cccs1)c1c(F)c(F)c(F)c(F)c1F. The van der Waals surface area contributed by atoms with Gasteiger partial charge < -0.3 is 5.73 Å². The smallest absolute Gasteiger partial charge is 0.200 e. The number of rotatable bonds is 2. The number of benzene rings is 1. The first-order valence-corrected chi connectivity index (χ1v) is 5.63. The van der Waals surface area contributed by atoms with E-state index in [-0.39, 0.29) is 12.4 Å². The van der Waals surface area contributed by atoms with Gasteiger partial charge >= 0.3 is 0 Å². The molecule has 1 nitrogen and oxygen atoms in total. The number of halogens is 6. The van der Waals surface area contributed by atoms with Crippen LogP contribution in [0.3, 0.4) is 0 Å². The molecule has 0 bridgehead atoms. The average Bonchev–Trinajstić information content (AvgIpc) is 2.88. The molecule has 0 saturated carbocycles. The van der Waals surface area contributed by atoms with E-state index in [1.807, 2.05) is 0 Å². The van der Waals surface area contributed by atoms with Crippen molar-refractivity contribution < 1.29 is 22.0 Å². The molecule has 2 aromatic rings. The summed E-state index contributed by atoms with van der Waals surface area (Å²) in [5.41, 5.74) is 4.51. The zero-order valence-electron chi connectivity index (χ0n) is 9.09. The molecule has 1 atom stereocenters. The molecule has 104 valence electrons. The van der Waals surface area contributed by atoms with Crippen LogP contribution in [-0.2, 0) is 0 Å². The minimum atomic E-state index is -2.19. The Labute approximate surface area is 115 Å². The summed E-state index contributed by atoms with van der Waals surface area (Å²) < 4.78 is 65.7. The van der Waals surface area contributed by atoms with Crippen molar-refractivity contribution >= 4 is 23.7 Å². The Morgan fingerprint density at radius 3 is 1.79 bits per heavy atom. The van der Waals surface area contributed by atoms with Crippen LogP contribution in [0, 0.1) is 29.1 Å². The number of hydrogen-bond donors (Lipinski definition) is 1. The van der Waals surface area contributed by atoms with E-state index in [1.54, 1.807) is 11.4 Å². The largest absolute Gasteiger partial charge is 0.319 e. The molecular formula is C11H7ClF5NS. The lowest BCUT2D eigenvalue weighted by molar-refractivity contribution is 0.367. The van der Waals surface area contributed by atoms with E-state index in [2.05, 4.69) is 0 Å². The summed E-state index contributed by atoms with van der Waals surface area (Å²) >= 11 is 1.06. The lowest BCUT2D eigenvalue weighted by atomic mass is 10.0. The topological polar surface area (TPSA) is 26.0 Å². The van der Waals surface area contributed by atoms with Crippen molar-refractivity contribution in [3.8, 4) is 0 Å². The summed E-state index contributed by atoms with van der Waals surface area (Å²) in [6.45, 7) is 0. The van der Waals surface area contributed by atoms with E-state index in [0.29, 0.717) is 4.88 Å². The van der Waals surface area contributed by atoms with Crippen LogP contribution in [0.15, 0.2) is 17.5 Å². The van der Waals surface area contributed by atoms with Crippen LogP contribution < -0.4 is 5.73 Å². The van der Waals surface area contributed by atoms with Crippen LogP contribution in [0.1, 0.15) is 16.5 Å². The van der Waals surface area contributed by atoms with Gasteiger partial charge in [0.1, 0.15) is 0 Å². The minimum Gasteiger partial charge on any atom is -0.319 e. The highest BCUT2D eigenvalue weighted by atomic mass is 35.5. The normalized spacial score (nSPS) is 12.1. The maximum absolute atomic E-state index is 13.4. The third-order valence-corrected chi connectivity index (χ3v) is 3.36. The highest BCUT2D eigenvalue weighted by molar-refractivity contribution is 7.10. The Morgan fingerprint density at radius 1 is 0.895 bits per heavy atom. The molecule has 2 rings (SSSR count). The van der Waals surface area contributed by atoms with Gasteiger partial charge in [-0.1, -0.05) is 6.07 Å². The molecule has 1 aromatic carbocycles. The maximum atomic E-state index is 13.4. The summed E-state index contributed by atoms with van der Waals surface area (Å²) in [5, 5.41) is 1.58. The van der Waals surface area contributed by atoms with Gasteiger partial charge in [-0.2, -0.15) is 0 Å². The molecule has 0 aliphatic carbocycles. The van der Waals surface area contributed by atoms with Gasteiger partial charge in [-0.25, -0.2) is 22.0 Å². The molecule has 0 aliphatic rings. The van der Waals surface area contributed by atoms with Crippen LogP contribution >= 0.6 is 23.7 Å². The molecule has 8 heteroatoms.